The summed E-state index contributed by atoms with van der Waals surface area (Å²) in [5, 5.41) is 2.66. The molecule has 0 saturated heterocycles. The molecule has 10 heteroatoms. The van der Waals surface area contributed by atoms with Gasteiger partial charge in [-0.05, 0) is 30.3 Å². The van der Waals surface area contributed by atoms with Gasteiger partial charge in [0.15, 0.2) is 11.5 Å². The van der Waals surface area contributed by atoms with Gasteiger partial charge in [0.25, 0.3) is 5.91 Å². The topological polar surface area (TPSA) is 122 Å². The molecule has 0 spiro atoms. The smallest absolute Gasteiger partial charge is 0.257 e. The molecule has 1 aliphatic heterocycles. The number of primary amides is 1. The second-order valence-electron chi connectivity index (χ2n) is 7.52. The van der Waals surface area contributed by atoms with Gasteiger partial charge in [-0.15, -0.1) is 0 Å². The van der Waals surface area contributed by atoms with Crippen LogP contribution in [-0.4, -0.2) is 30.2 Å². The number of nitrogens with zero attached hydrogens (tertiary/aromatic N) is 1. The van der Waals surface area contributed by atoms with Gasteiger partial charge in [0.05, 0.1) is 12.5 Å². The Balaban J connectivity index is 1.39. The molecule has 3 N–H and O–H groups in total. The van der Waals surface area contributed by atoms with Crippen molar-refractivity contribution in [3.05, 3.63) is 71.7 Å². The highest BCUT2D eigenvalue weighted by Gasteiger charge is 2.18. The van der Waals surface area contributed by atoms with E-state index in [1.807, 2.05) is 0 Å². The fraction of sp³-hybridized carbons (Fsp3) is 0.208. The van der Waals surface area contributed by atoms with E-state index in [0.29, 0.717) is 17.2 Å². The van der Waals surface area contributed by atoms with Crippen LogP contribution in [0, 0.1) is 11.7 Å². The summed E-state index contributed by atoms with van der Waals surface area (Å²) in [6.45, 7) is 1.72. The Morgan fingerprint density at radius 3 is 2.74 bits per heavy atom. The SMILES string of the molecule is CC(COc1ccc(CNC(=O)c2cccnc2Oc2ccc3c(c2)OCO3)c(F)c1)C(N)=O. The van der Waals surface area contributed by atoms with Crippen LogP contribution < -0.4 is 30.0 Å². The Kier molecular flexibility index (Phi) is 6.77. The van der Waals surface area contributed by atoms with E-state index < -0.39 is 23.5 Å². The maximum Gasteiger partial charge on any atom is 0.257 e. The Bertz CT molecular complexity index is 1220. The standard InChI is InChI=1S/C24H22FN3O6/c1-14(22(26)29)12-31-16-5-4-15(19(25)9-16)11-28-23(30)18-3-2-8-27-24(18)34-17-6-7-20-21(10-17)33-13-32-20/h2-10,14H,11-13H2,1H3,(H2,26,29)(H,28,30). The Morgan fingerprint density at radius 1 is 1.15 bits per heavy atom. The molecule has 1 atom stereocenters. The monoisotopic (exact) mass is 467 g/mol. The number of carbonyl (C=O) groups excluding carboxylic acids is 2. The summed E-state index contributed by atoms with van der Waals surface area (Å²) < 4.78 is 36.3. The highest BCUT2D eigenvalue weighted by Crippen LogP contribution is 2.36. The predicted octanol–water partition coefficient (Wildman–Crippen LogP) is 3.17. The third kappa shape index (κ3) is 5.34. The molecule has 1 aliphatic rings. The third-order valence-corrected chi connectivity index (χ3v) is 5.02. The van der Waals surface area contributed by atoms with Crippen LogP contribution in [0.1, 0.15) is 22.8 Å². The summed E-state index contributed by atoms with van der Waals surface area (Å²) in [5.41, 5.74) is 5.62. The minimum atomic E-state index is -0.562. The van der Waals surface area contributed by atoms with Gasteiger partial charge in [-0.25, -0.2) is 9.37 Å². The first-order valence-corrected chi connectivity index (χ1v) is 10.4. The van der Waals surface area contributed by atoms with E-state index in [0.717, 1.165) is 0 Å². The normalized spacial score (nSPS) is 12.6. The Hall–Kier alpha value is -4.34. The minimum Gasteiger partial charge on any atom is -0.493 e. The number of nitrogens with one attached hydrogen (secondary N) is 1. The van der Waals surface area contributed by atoms with Crippen LogP contribution in [-0.2, 0) is 11.3 Å². The molecule has 9 nitrogen and oxygen atoms in total. The van der Waals surface area contributed by atoms with Crippen molar-refractivity contribution in [3.8, 4) is 28.9 Å². The van der Waals surface area contributed by atoms with Gasteiger partial charge in [-0.3, -0.25) is 9.59 Å². The highest BCUT2D eigenvalue weighted by atomic mass is 19.1. The van der Waals surface area contributed by atoms with Gasteiger partial charge in [-0.2, -0.15) is 0 Å². The largest absolute Gasteiger partial charge is 0.493 e. The summed E-state index contributed by atoms with van der Waals surface area (Å²) in [6, 6.07) is 12.4. The van der Waals surface area contributed by atoms with E-state index in [1.165, 1.54) is 18.3 Å². The van der Waals surface area contributed by atoms with Gasteiger partial charge in [0.2, 0.25) is 18.6 Å². The zero-order valence-corrected chi connectivity index (χ0v) is 18.2. The maximum absolute atomic E-state index is 14.5. The lowest BCUT2D eigenvalue weighted by Crippen LogP contribution is -2.26. The van der Waals surface area contributed by atoms with Crippen molar-refractivity contribution in [1.82, 2.24) is 10.3 Å². The molecule has 176 valence electrons. The predicted molar refractivity (Wildman–Crippen MR) is 118 cm³/mol. The van der Waals surface area contributed by atoms with Crippen LogP contribution in [0.15, 0.2) is 54.7 Å². The number of nitrogens with two attached hydrogens (primary N) is 1. The molecule has 0 bridgehead atoms. The van der Waals surface area contributed by atoms with Crippen molar-refractivity contribution < 1.29 is 32.9 Å². The van der Waals surface area contributed by atoms with Crippen LogP contribution in [0.5, 0.6) is 28.9 Å². The van der Waals surface area contributed by atoms with Crippen LogP contribution in [0.25, 0.3) is 0 Å². The molecule has 0 aliphatic carbocycles. The number of benzene rings is 2. The fourth-order valence-corrected chi connectivity index (χ4v) is 3.03. The Labute approximate surface area is 194 Å². The van der Waals surface area contributed by atoms with Crippen molar-refractivity contribution in [2.45, 2.75) is 13.5 Å². The number of aromatic nitrogens is 1. The molecular formula is C24H22FN3O6. The van der Waals surface area contributed by atoms with Gasteiger partial charge in [-0.1, -0.05) is 13.0 Å². The number of rotatable bonds is 9. The molecule has 2 amide bonds. The van der Waals surface area contributed by atoms with E-state index >= 15 is 0 Å². The van der Waals surface area contributed by atoms with Crippen LogP contribution in [0.2, 0.25) is 0 Å². The van der Waals surface area contributed by atoms with Crippen molar-refractivity contribution in [3.63, 3.8) is 0 Å². The van der Waals surface area contributed by atoms with E-state index in [9.17, 15) is 14.0 Å². The lowest BCUT2D eigenvalue weighted by atomic mass is 10.1. The van der Waals surface area contributed by atoms with Gasteiger partial charge in [0.1, 0.15) is 22.9 Å². The average Bonchev–Trinajstić information content (AvgIpc) is 3.30. The molecule has 4 rings (SSSR count). The first-order valence-electron chi connectivity index (χ1n) is 10.4. The van der Waals surface area contributed by atoms with E-state index in [4.69, 9.17) is 24.7 Å². The number of halogens is 1. The minimum absolute atomic E-state index is 0.0397. The van der Waals surface area contributed by atoms with Crippen molar-refractivity contribution in [2.24, 2.45) is 11.7 Å². The number of carbonyl (C=O) groups is 2. The number of hydrogen-bond acceptors (Lipinski definition) is 7. The molecule has 34 heavy (non-hydrogen) atoms. The zero-order chi connectivity index (χ0) is 24.1. The second-order valence-corrected chi connectivity index (χ2v) is 7.52. The summed E-state index contributed by atoms with van der Waals surface area (Å²) in [6.07, 6.45) is 1.50. The van der Waals surface area contributed by atoms with Gasteiger partial charge >= 0.3 is 0 Å². The number of amides is 2. The number of pyridine rings is 1. The van der Waals surface area contributed by atoms with E-state index in [1.54, 1.807) is 43.3 Å². The molecule has 0 saturated carbocycles. The van der Waals surface area contributed by atoms with Crippen molar-refractivity contribution in [1.29, 1.82) is 0 Å². The Morgan fingerprint density at radius 2 is 1.94 bits per heavy atom. The van der Waals surface area contributed by atoms with Crippen LogP contribution in [0.4, 0.5) is 4.39 Å². The first kappa shape index (κ1) is 22.8. The lowest BCUT2D eigenvalue weighted by Gasteiger charge is -2.12. The molecule has 0 fully saturated rings. The molecule has 2 heterocycles. The maximum atomic E-state index is 14.5. The van der Waals surface area contributed by atoms with E-state index in [2.05, 4.69) is 10.3 Å². The fourth-order valence-electron chi connectivity index (χ4n) is 3.03. The number of ether oxygens (including phenoxy) is 4. The molecule has 1 unspecified atom stereocenters. The van der Waals surface area contributed by atoms with Crippen molar-refractivity contribution >= 4 is 11.8 Å². The molecule has 1 aromatic heterocycles. The lowest BCUT2D eigenvalue weighted by molar-refractivity contribution is -0.122. The quantitative estimate of drug-likeness (QED) is 0.496. The summed E-state index contributed by atoms with van der Waals surface area (Å²) in [7, 11) is 0. The number of fused-ring (bicyclic) bond motifs is 1. The molecule has 2 aromatic carbocycles. The third-order valence-electron chi connectivity index (χ3n) is 5.02. The molecule has 0 radical (unpaired) electrons. The summed E-state index contributed by atoms with van der Waals surface area (Å²) in [4.78, 5) is 28.0. The summed E-state index contributed by atoms with van der Waals surface area (Å²) >= 11 is 0. The van der Waals surface area contributed by atoms with Crippen LogP contribution in [0.3, 0.4) is 0 Å². The molecule has 3 aromatic rings. The van der Waals surface area contributed by atoms with Gasteiger partial charge < -0.3 is 30.0 Å². The molecular weight excluding hydrogens is 445 g/mol. The van der Waals surface area contributed by atoms with E-state index in [-0.39, 0.29) is 42.7 Å². The highest BCUT2D eigenvalue weighted by molar-refractivity contribution is 5.96. The van der Waals surface area contributed by atoms with Crippen molar-refractivity contribution in [2.75, 3.05) is 13.4 Å². The first-order chi connectivity index (χ1) is 16.4. The summed E-state index contributed by atoms with van der Waals surface area (Å²) in [5.74, 6) is -0.152. The zero-order valence-electron chi connectivity index (χ0n) is 18.2. The average molecular weight is 467 g/mol. The second kappa shape index (κ2) is 10.1. The van der Waals surface area contributed by atoms with Crippen LogP contribution >= 0.6 is 0 Å². The van der Waals surface area contributed by atoms with Gasteiger partial charge in [0, 0.05) is 30.4 Å². The number of hydrogen-bond donors (Lipinski definition) is 2.